The topological polar surface area (TPSA) is 94.8 Å². The van der Waals surface area contributed by atoms with Crippen LogP contribution < -0.4 is 20.4 Å². The van der Waals surface area contributed by atoms with Crippen molar-refractivity contribution in [2.45, 2.75) is 6.54 Å². The third-order valence-electron chi connectivity index (χ3n) is 5.86. The zero-order valence-electron chi connectivity index (χ0n) is 20.6. The maximum Gasteiger partial charge on any atom is 0.349 e. The van der Waals surface area contributed by atoms with Gasteiger partial charge in [-0.3, -0.25) is 4.79 Å². The summed E-state index contributed by atoms with van der Waals surface area (Å²) in [6.07, 6.45) is 0. The summed E-state index contributed by atoms with van der Waals surface area (Å²) >= 11 is 3.49. The number of fused-ring (bicyclic) bond motifs is 1. The maximum absolute atomic E-state index is 12.5. The normalized spacial score (nSPS) is 10.7. The van der Waals surface area contributed by atoms with Crippen molar-refractivity contribution in [3.05, 3.63) is 129 Å². The highest BCUT2D eigenvalue weighted by molar-refractivity contribution is 9.10. The predicted molar refractivity (Wildman–Crippen MR) is 151 cm³/mol. The number of carbonyl (C=O) groups excluding carboxylic acids is 2. The van der Waals surface area contributed by atoms with Crippen molar-refractivity contribution in [1.29, 1.82) is 0 Å². The van der Waals surface area contributed by atoms with Crippen LogP contribution >= 0.6 is 15.9 Å². The Morgan fingerprint density at radius 1 is 0.821 bits per heavy atom. The highest BCUT2D eigenvalue weighted by Gasteiger charge is 2.15. The minimum absolute atomic E-state index is 0.111. The molecule has 8 heteroatoms. The van der Waals surface area contributed by atoms with Crippen molar-refractivity contribution in [3.63, 3.8) is 0 Å². The van der Waals surface area contributed by atoms with Gasteiger partial charge in [-0.1, -0.05) is 66.7 Å². The molecule has 0 aliphatic rings. The number of carbonyl (C=O) groups is 2. The first-order chi connectivity index (χ1) is 19.0. The van der Waals surface area contributed by atoms with Gasteiger partial charge in [-0.05, 0) is 63.0 Å². The molecule has 0 spiro atoms. The molecule has 4 aromatic carbocycles. The van der Waals surface area contributed by atoms with Crippen LogP contribution in [0.15, 0.2) is 117 Å². The summed E-state index contributed by atoms with van der Waals surface area (Å²) in [5, 5.41) is 3.23. The van der Waals surface area contributed by atoms with Crippen molar-refractivity contribution in [1.82, 2.24) is 5.32 Å². The number of ether oxygens (including phenoxy) is 2. The first-order valence-electron chi connectivity index (χ1n) is 12.0. The zero-order valence-corrected chi connectivity index (χ0v) is 22.1. The van der Waals surface area contributed by atoms with E-state index in [4.69, 9.17) is 13.9 Å². The van der Waals surface area contributed by atoms with Gasteiger partial charge in [0, 0.05) is 18.0 Å². The first kappa shape index (κ1) is 25.9. The van der Waals surface area contributed by atoms with E-state index >= 15 is 0 Å². The number of nitrogens with one attached hydrogen (secondary N) is 1. The molecule has 0 bridgehead atoms. The standard InChI is InChI=1S/C31H22BrNO6/c32-26-16-22(21-9-5-2-6-10-21)12-14-27(26)37-19-29(34)38-24-13-11-23-15-25(31(36)39-28(23)17-24)30(35)33-18-20-7-3-1-4-8-20/h1-17H,18-19H2,(H,33,35). The van der Waals surface area contributed by atoms with Crippen molar-refractivity contribution >= 4 is 38.8 Å². The Bertz CT molecular complexity index is 1700. The molecule has 1 N–H and O–H groups in total. The molecule has 0 aliphatic heterocycles. The van der Waals surface area contributed by atoms with Gasteiger partial charge in [0.05, 0.1) is 4.47 Å². The van der Waals surface area contributed by atoms with E-state index in [1.165, 1.54) is 12.1 Å². The largest absolute Gasteiger partial charge is 0.481 e. The smallest absolute Gasteiger partial charge is 0.349 e. The minimum atomic E-state index is -0.788. The number of benzene rings is 4. The minimum Gasteiger partial charge on any atom is -0.481 e. The molecule has 0 aliphatic carbocycles. The monoisotopic (exact) mass is 583 g/mol. The van der Waals surface area contributed by atoms with E-state index in [1.807, 2.05) is 72.8 Å². The van der Waals surface area contributed by atoms with Crippen LogP contribution in [0.2, 0.25) is 0 Å². The Hall–Kier alpha value is -4.69. The van der Waals surface area contributed by atoms with E-state index in [-0.39, 0.29) is 30.0 Å². The highest BCUT2D eigenvalue weighted by Crippen LogP contribution is 2.31. The average molecular weight is 584 g/mol. The first-order valence-corrected chi connectivity index (χ1v) is 12.8. The Morgan fingerprint density at radius 2 is 1.56 bits per heavy atom. The van der Waals surface area contributed by atoms with Gasteiger partial charge in [0.1, 0.15) is 22.6 Å². The van der Waals surface area contributed by atoms with Crippen LogP contribution in [-0.2, 0) is 11.3 Å². The fourth-order valence-electron chi connectivity index (χ4n) is 3.91. The van der Waals surface area contributed by atoms with Gasteiger partial charge < -0.3 is 19.2 Å². The molecule has 0 fully saturated rings. The molecular weight excluding hydrogens is 562 g/mol. The van der Waals surface area contributed by atoms with Crippen LogP contribution in [0.4, 0.5) is 0 Å². The van der Waals surface area contributed by atoms with Gasteiger partial charge in [-0.2, -0.15) is 0 Å². The lowest BCUT2D eigenvalue weighted by atomic mass is 10.1. The maximum atomic E-state index is 12.5. The Balaban J connectivity index is 1.21. The van der Waals surface area contributed by atoms with Crippen LogP contribution in [0, 0.1) is 0 Å². The third-order valence-corrected chi connectivity index (χ3v) is 6.48. The molecule has 1 aromatic heterocycles. The molecule has 0 saturated heterocycles. The molecular formula is C31H22BrNO6. The summed E-state index contributed by atoms with van der Waals surface area (Å²) in [4.78, 5) is 37.4. The Kier molecular flexibility index (Phi) is 7.84. The van der Waals surface area contributed by atoms with E-state index in [0.717, 1.165) is 16.7 Å². The number of hydrogen-bond acceptors (Lipinski definition) is 6. The lowest BCUT2D eigenvalue weighted by Gasteiger charge is -2.10. The fraction of sp³-hybridized carbons (Fsp3) is 0.0645. The molecule has 0 radical (unpaired) electrons. The summed E-state index contributed by atoms with van der Waals surface area (Å²) in [5.74, 6) is -0.494. The molecule has 7 nitrogen and oxygen atoms in total. The molecule has 5 aromatic rings. The lowest BCUT2D eigenvalue weighted by Crippen LogP contribution is -2.27. The van der Waals surface area contributed by atoms with Crippen LogP contribution in [0.5, 0.6) is 11.5 Å². The molecule has 0 unspecified atom stereocenters. The summed E-state index contributed by atoms with van der Waals surface area (Å²) in [7, 11) is 0. The van der Waals surface area contributed by atoms with E-state index < -0.39 is 17.5 Å². The third kappa shape index (κ3) is 6.42. The van der Waals surface area contributed by atoms with E-state index in [2.05, 4.69) is 21.2 Å². The van der Waals surface area contributed by atoms with E-state index in [9.17, 15) is 14.4 Å². The molecule has 194 valence electrons. The lowest BCUT2D eigenvalue weighted by molar-refractivity contribution is -0.136. The molecule has 5 rings (SSSR count). The summed E-state index contributed by atoms with van der Waals surface area (Å²) < 4.78 is 17.0. The van der Waals surface area contributed by atoms with Crippen molar-refractivity contribution in [2.24, 2.45) is 0 Å². The van der Waals surface area contributed by atoms with Crippen LogP contribution in [0.1, 0.15) is 15.9 Å². The second-order valence-electron chi connectivity index (χ2n) is 8.59. The van der Waals surface area contributed by atoms with Crippen molar-refractivity contribution < 1.29 is 23.5 Å². The number of amides is 1. The van der Waals surface area contributed by atoms with Gasteiger partial charge in [0.25, 0.3) is 5.91 Å². The quantitative estimate of drug-likeness (QED) is 0.134. The molecule has 1 amide bonds. The molecule has 1 heterocycles. The average Bonchev–Trinajstić information content (AvgIpc) is 2.96. The summed E-state index contributed by atoms with van der Waals surface area (Å²) in [6.45, 7) is -0.0480. The fourth-order valence-corrected chi connectivity index (χ4v) is 4.41. The molecule has 39 heavy (non-hydrogen) atoms. The van der Waals surface area contributed by atoms with Crippen LogP contribution in [0.3, 0.4) is 0 Å². The second-order valence-corrected chi connectivity index (χ2v) is 9.44. The second kappa shape index (κ2) is 11.8. The molecule has 0 atom stereocenters. The van der Waals surface area contributed by atoms with Gasteiger partial charge in [0.15, 0.2) is 6.61 Å². The molecule has 0 saturated carbocycles. The zero-order chi connectivity index (χ0) is 27.2. The van der Waals surface area contributed by atoms with E-state index in [0.29, 0.717) is 15.6 Å². The van der Waals surface area contributed by atoms with Crippen molar-refractivity contribution in [3.8, 4) is 22.6 Å². The predicted octanol–water partition coefficient (Wildman–Crippen LogP) is 6.14. The SMILES string of the molecule is O=C(COc1ccc(-c2ccccc2)cc1Br)Oc1ccc2cc(C(=O)NCc3ccccc3)c(=O)oc2c1. The van der Waals surface area contributed by atoms with Gasteiger partial charge in [-0.15, -0.1) is 0 Å². The van der Waals surface area contributed by atoms with Crippen LogP contribution in [-0.4, -0.2) is 18.5 Å². The summed E-state index contributed by atoms with van der Waals surface area (Å²) in [5.41, 5.74) is 2.26. The summed E-state index contributed by atoms with van der Waals surface area (Å²) in [6, 6.07) is 30.9. The van der Waals surface area contributed by atoms with Gasteiger partial charge in [-0.25, -0.2) is 9.59 Å². The van der Waals surface area contributed by atoms with Gasteiger partial charge >= 0.3 is 11.6 Å². The van der Waals surface area contributed by atoms with Crippen molar-refractivity contribution in [2.75, 3.05) is 6.61 Å². The van der Waals surface area contributed by atoms with E-state index in [1.54, 1.807) is 18.2 Å². The number of esters is 1. The number of hydrogen-bond donors (Lipinski definition) is 1. The van der Waals surface area contributed by atoms with Crippen LogP contribution in [0.25, 0.3) is 22.1 Å². The Labute approximate surface area is 232 Å². The highest BCUT2D eigenvalue weighted by atomic mass is 79.9. The Morgan fingerprint density at radius 3 is 2.31 bits per heavy atom. The number of halogens is 1. The number of rotatable bonds is 8. The van der Waals surface area contributed by atoms with Gasteiger partial charge in [0.2, 0.25) is 0 Å².